The van der Waals surface area contributed by atoms with Crippen LogP contribution in [0.3, 0.4) is 0 Å². The highest BCUT2D eigenvalue weighted by molar-refractivity contribution is 5.66. The highest BCUT2D eigenvalue weighted by Gasteiger charge is 2.69. The van der Waals surface area contributed by atoms with Gasteiger partial charge in [0.1, 0.15) is 11.7 Å². The van der Waals surface area contributed by atoms with Gasteiger partial charge in [0.15, 0.2) is 0 Å². The molecule has 0 aromatic carbocycles. The molecule has 0 amide bonds. The molecule has 0 aromatic heterocycles. The van der Waals surface area contributed by atoms with Gasteiger partial charge in [-0.15, -0.1) is 0 Å². The van der Waals surface area contributed by atoms with Crippen LogP contribution >= 0.6 is 0 Å². The van der Waals surface area contributed by atoms with E-state index in [9.17, 15) is 15.0 Å². The van der Waals surface area contributed by atoms with Crippen LogP contribution in [-0.2, 0) is 14.3 Å². The summed E-state index contributed by atoms with van der Waals surface area (Å²) in [5.74, 6) is 0.635. The van der Waals surface area contributed by atoms with Gasteiger partial charge >= 0.3 is 5.97 Å². The van der Waals surface area contributed by atoms with Gasteiger partial charge in [0, 0.05) is 25.2 Å². The number of ether oxygens (including phenoxy) is 2. The minimum Gasteiger partial charge on any atom is -0.460 e. The Kier molecular flexibility index (Phi) is 5.55. The highest BCUT2D eigenvalue weighted by Crippen LogP contribution is 2.64. The number of hydrogen-bond acceptors (Lipinski definition) is 5. The molecule has 2 saturated heterocycles. The van der Waals surface area contributed by atoms with Crippen LogP contribution in [0.4, 0.5) is 0 Å². The van der Waals surface area contributed by atoms with Crippen molar-refractivity contribution >= 4 is 5.97 Å². The van der Waals surface area contributed by atoms with E-state index < -0.39 is 34.5 Å². The number of rotatable bonds is 2. The first-order valence-corrected chi connectivity index (χ1v) is 11.1. The fourth-order valence-corrected chi connectivity index (χ4v) is 6.89. The number of carbonyl (C=O) groups excluding carboxylic acids is 1. The summed E-state index contributed by atoms with van der Waals surface area (Å²) in [6.45, 7) is 17.9. The molecular formula is C24H40O5. The van der Waals surface area contributed by atoms with E-state index in [1.54, 1.807) is 6.92 Å². The lowest BCUT2D eigenvalue weighted by atomic mass is 9.54. The Balaban J connectivity index is 2.15. The van der Waals surface area contributed by atoms with Crippen LogP contribution in [0.1, 0.15) is 80.6 Å². The zero-order valence-electron chi connectivity index (χ0n) is 19.2. The third-order valence-electron chi connectivity index (χ3n) is 8.33. The van der Waals surface area contributed by atoms with Crippen molar-refractivity contribution in [1.29, 1.82) is 0 Å². The van der Waals surface area contributed by atoms with Crippen LogP contribution in [0, 0.1) is 23.7 Å². The third kappa shape index (κ3) is 3.57. The Morgan fingerprint density at radius 2 is 1.83 bits per heavy atom. The fraction of sp³-hybridized carbons (Fsp3) is 0.875. The molecule has 0 aromatic rings. The minimum absolute atomic E-state index is 0.0441. The normalized spacial score (nSPS) is 50.5. The van der Waals surface area contributed by atoms with Gasteiger partial charge in [-0.2, -0.15) is 0 Å². The smallest absolute Gasteiger partial charge is 0.303 e. The van der Waals surface area contributed by atoms with Gasteiger partial charge in [0.2, 0.25) is 0 Å². The zero-order chi connectivity index (χ0) is 22.0. The zero-order valence-corrected chi connectivity index (χ0v) is 19.2. The predicted octanol–water partition coefficient (Wildman–Crippen LogP) is 4.01. The molecule has 2 N–H and O–H groups in total. The van der Waals surface area contributed by atoms with Crippen molar-refractivity contribution in [3.8, 4) is 0 Å². The molecule has 5 nitrogen and oxygen atoms in total. The molecular weight excluding hydrogens is 368 g/mol. The first-order valence-electron chi connectivity index (χ1n) is 11.1. The summed E-state index contributed by atoms with van der Waals surface area (Å²) in [5.41, 5.74) is -2.71. The van der Waals surface area contributed by atoms with Crippen LogP contribution in [0.2, 0.25) is 0 Å². The standard InChI is InChI=1S/C24H40O5/c1-14(2)17-10-9-15(3)19-20(17)24(8)23(7,27)12-11-18(28-16(4)25)21(5,26)13-22(19,6)29-24/h14,17-20,26-27H,3,9-13H2,1-2,4-8H3/t17-,18+,19?,20?,21+,22?,23-,24?/m1/s1. The van der Waals surface area contributed by atoms with Gasteiger partial charge in [-0.05, 0) is 65.2 Å². The molecule has 4 unspecified atom stereocenters. The maximum atomic E-state index is 11.7. The summed E-state index contributed by atoms with van der Waals surface area (Å²) < 4.78 is 12.4. The second-order valence-corrected chi connectivity index (χ2v) is 11.1. The van der Waals surface area contributed by atoms with Gasteiger partial charge in [-0.1, -0.05) is 26.0 Å². The average Bonchev–Trinajstić information content (AvgIpc) is 2.80. The molecule has 3 aliphatic rings. The molecule has 1 saturated carbocycles. The van der Waals surface area contributed by atoms with E-state index in [2.05, 4.69) is 20.4 Å². The van der Waals surface area contributed by atoms with E-state index in [-0.39, 0.29) is 11.8 Å². The van der Waals surface area contributed by atoms with Crippen molar-refractivity contribution in [3.63, 3.8) is 0 Å². The van der Waals surface area contributed by atoms with E-state index in [4.69, 9.17) is 9.47 Å². The third-order valence-corrected chi connectivity index (χ3v) is 8.33. The van der Waals surface area contributed by atoms with E-state index in [1.165, 1.54) is 6.92 Å². The Labute approximate surface area is 175 Å². The maximum Gasteiger partial charge on any atom is 0.303 e. The van der Waals surface area contributed by atoms with E-state index in [0.717, 1.165) is 18.4 Å². The van der Waals surface area contributed by atoms with E-state index >= 15 is 0 Å². The first-order chi connectivity index (χ1) is 13.1. The van der Waals surface area contributed by atoms with Gasteiger partial charge in [0.25, 0.3) is 0 Å². The van der Waals surface area contributed by atoms with Crippen molar-refractivity contribution < 1.29 is 24.5 Å². The van der Waals surface area contributed by atoms with Crippen LogP contribution in [0.5, 0.6) is 0 Å². The van der Waals surface area contributed by atoms with Gasteiger partial charge in [0.05, 0.1) is 16.8 Å². The lowest BCUT2D eigenvalue weighted by molar-refractivity contribution is -0.209. The molecule has 3 rings (SSSR count). The Morgan fingerprint density at radius 3 is 2.38 bits per heavy atom. The summed E-state index contributed by atoms with van der Waals surface area (Å²) in [6, 6.07) is 0. The molecule has 8 atom stereocenters. The van der Waals surface area contributed by atoms with Gasteiger partial charge in [-0.3, -0.25) is 4.79 Å². The minimum atomic E-state index is -1.26. The highest BCUT2D eigenvalue weighted by atomic mass is 16.6. The largest absolute Gasteiger partial charge is 0.460 e. The molecule has 0 radical (unpaired) electrons. The molecule has 29 heavy (non-hydrogen) atoms. The molecule has 0 spiro atoms. The molecule has 166 valence electrons. The van der Waals surface area contributed by atoms with Crippen LogP contribution in [0.25, 0.3) is 0 Å². The van der Waals surface area contributed by atoms with Crippen molar-refractivity contribution in [2.45, 2.75) is 109 Å². The molecule has 1 aliphatic carbocycles. The summed E-state index contributed by atoms with van der Waals surface area (Å²) >= 11 is 0. The van der Waals surface area contributed by atoms with Crippen LogP contribution < -0.4 is 0 Å². The van der Waals surface area contributed by atoms with Crippen molar-refractivity contribution in [2.75, 3.05) is 0 Å². The lowest BCUT2D eigenvalue weighted by Crippen LogP contribution is -2.58. The van der Waals surface area contributed by atoms with Crippen molar-refractivity contribution in [1.82, 2.24) is 0 Å². The van der Waals surface area contributed by atoms with Crippen LogP contribution in [-0.4, -0.2) is 44.7 Å². The number of aliphatic hydroxyl groups is 2. The predicted molar refractivity (Wildman–Crippen MR) is 112 cm³/mol. The number of esters is 1. The molecule has 5 heteroatoms. The monoisotopic (exact) mass is 408 g/mol. The van der Waals surface area contributed by atoms with Crippen molar-refractivity contribution in [3.05, 3.63) is 12.2 Å². The van der Waals surface area contributed by atoms with E-state index in [0.29, 0.717) is 31.1 Å². The number of fused-ring (bicyclic) bond motifs is 5. The topological polar surface area (TPSA) is 76.0 Å². The molecule has 3 fully saturated rings. The van der Waals surface area contributed by atoms with Crippen molar-refractivity contribution in [2.24, 2.45) is 23.7 Å². The number of carbonyl (C=O) groups is 1. The summed E-state index contributed by atoms with van der Waals surface area (Å²) in [4.78, 5) is 11.7. The SMILES string of the molecule is C=C1CC[C@H](C(C)C)C2C1C1(C)C[C@](C)(O)[C@@H](OC(C)=O)CC[C@@](C)(O)C2(C)O1. The fourth-order valence-electron chi connectivity index (χ4n) is 6.89. The Bertz CT molecular complexity index is 681. The summed E-state index contributed by atoms with van der Waals surface area (Å²) in [5, 5.41) is 23.2. The molecule has 2 aliphatic heterocycles. The lowest BCUT2D eigenvalue weighted by Gasteiger charge is -2.50. The molecule has 2 bridgehead atoms. The maximum absolute atomic E-state index is 11.7. The quantitative estimate of drug-likeness (QED) is 0.533. The number of hydrogen-bond donors (Lipinski definition) is 2. The second-order valence-electron chi connectivity index (χ2n) is 11.1. The van der Waals surface area contributed by atoms with E-state index in [1.807, 2.05) is 20.8 Å². The summed E-state index contributed by atoms with van der Waals surface area (Å²) in [7, 11) is 0. The molecule has 2 heterocycles. The Morgan fingerprint density at radius 1 is 1.21 bits per heavy atom. The Hall–Kier alpha value is -0.910. The van der Waals surface area contributed by atoms with Gasteiger partial charge in [-0.25, -0.2) is 0 Å². The van der Waals surface area contributed by atoms with Gasteiger partial charge < -0.3 is 19.7 Å². The first kappa shape index (κ1) is 22.8. The summed E-state index contributed by atoms with van der Waals surface area (Å²) in [6.07, 6.45) is 2.40. The van der Waals surface area contributed by atoms with Crippen LogP contribution in [0.15, 0.2) is 12.2 Å². The second kappa shape index (κ2) is 7.06. The average molecular weight is 409 g/mol.